The van der Waals surface area contributed by atoms with Crippen LogP contribution in [0.25, 0.3) is 0 Å². The van der Waals surface area contributed by atoms with Crippen molar-refractivity contribution in [3.8, 4) is 0 Å². The van der Waals surface area contributed by atoms with Gasteiger partial charge in [0.25, 0.3) is 0 Å². The number of nitrogens with zero attached hydrogens (tertiary/aromatic N) is 1. The summed E-state index contributed by atoms with van der Waals surface area (Å²) in [5.41, 5.74) is 0.808. The van der Waals surface area contributed by atoms with E-state index in [-0.39, 0.29) is 6.54 Å². The molecule has 106 valence electrons. The second-order valence-electron chi connectivity index (χ2n) is 3.90. The van der Waals surface area contributed by atoms with Gasteiger partial charge >= 0.3 is 5.97 Å². The minimum absolute atomic E-state index is 0.0741. The molecule has 0 radical (unpaired) electrons. The van der Waals surface area contributed by atoms with Gasteiger partial charge in [0.05, 0.1) is 19.8 Å². The van der Waals surface area contributed by atoms with Gasteiger partial charge < -0.3 is 19.5 Å². The van der Waals surface area contributed by atoms with Gasteiger partial charge in [-0.3, -0.25) is 4.79 Å². The van der Waals surface area contributed by atoms with E-state index < -0.39 is 5.97 Å². The smallest absolute Gasteiger partial charge is 0.323 e. The number of rotatable bonds is 9. The maximum absolute atomic E-state index is 10.9. The van der Waals surface area contributed by atoms with E-state index in [4.69, 9.17) is 26.2 Å². The number of methoxy groups -OCH3 is 1. The van der Waals surface area contributed by atoms with Crippen molar-refractivity contribution >= 4 is 23.3 Å². The van der Waals surface area contributed by atoms with E-state index in [2.05, 4.69) is 0 Å². The fourth-order valence-electron chi connectivity index (χ4n) is 1.53. The van der Waals surface area contributed by atoms with Gasteiger partial charge in [-0.1, -0.05) is 11.6 Å². The third-order valence-electron chi connectivity index (χ3n) is 2.46. The summed E-state index contributed by atoms with van der Waals surface area (Å²) >= 11 is 5.81. The first kappa shape index (κ1) is 15.8. The highest BCUT2D eigenvalue weighted by molar-refractivity contribution is 6.30. The molecular weight excluding hydrogens is 270 g/mol. The van der Waals surface area contributed by atoms with Gasteiger partial charge in [-0.2, -0.15) is 0 Å². The van der Waals surface area contributed by atoms with Crippen LogP contribution in [0.2, 0.25) is 5.02 Å². The molecule has 0 aromatic heterocycles. The quantitative estimate of drug-likeness (QED) is 0.703. The summed E-state index contributed by atoms with van der Waals surface area (Å²) < 4.78 is 10.2. The van der Waals surface area contributed by atoms with Gasteiger partial charge in [-0.25, -0.2) is 0 Å². The van der Waals surface area contributed by atoms with Gasteiger partial charge in [0.15, 0.2) is 0 Å². The molecular formula is C13H18ClNO4. The number of carboxylic acid groups (broad SMARTS) is 1. The molecule has 0 amide bonds. The topological polar surface area (TPSA) is 59.0 Å². The lowest BCUT2D eigenvalue weighted by atomic mass is 10.3. The van der Waals surface area contributed by atoms with E-state index >= 15 is 0 Å². The fourth-order valence-corrected chi connectivity index (χ4v) is 1.66. The average Bonchev–Trinajstić information content (AvgIpc) is 2.38. The van der Waals surface area contributed by atoms with Crippen molar-refractivity contribution in [2.45, 2.75) is 0 Å². The standard InChI is InChI=1S/C13H18ClNO4/c1-18-8-9-19-7-6-15(10-13(16)17)12-4-2-11(14)3-5-12/h2-5H,6-10H2,1H3,(H,16,17). The first-order valence-corrected chi connectivity index (χ1v) is 6.30. The molecule has 0 saturated heterocycles. The van der Waals surface area contributed by atoms with Crippen LogP contribution in [0, 0.1) is 0 Å². The van der Waals surface area contributed by atoms with Gasteiger partial charge in [0, 0.05) is 24.4 Å². The molecule has 0 spiro atoms. The molecule has 1 aromatic carbocycles. The van der Waals surface area contributed by atoms with Crippen molar-refractivity contribution < 1.29 is 19.4 Å². The fraction of sp³-hybridized carbons (Fsp3) is 0.462. The Morgan fingerprint density at radius 3 is 2.53 bits per heavy atom. The first-order valence-electron chi connectivity index (χ1n) is 5.92. The summed E-state index contributed by atoms with van der Waals surface area (Å²) in [4.78, 5) is 12.6. The highest BCUT2D eigenvalue weighted by Gasteiger charge is 2.10. The van der Waals surface area contributed by atoms with Crippen LogP contribution in [-0.2, 0) is 14.3 Å². The number of hydrogen-bond donors (Lipinski definition) is 1. The zero-order valence-electron chi connectivity index (χ0n) is 10.8. The number of aliphatic carboxylic acids is 1. The van der Waals surface area contributed by atoms with E-state index in [1.54, 1.807) is 36.3 Å². The van der Waals surface area contributed by atoms with Crippen LogP contribution in [0.4, 0.5) is 5.69 Å². The normalized spacial score (nSPS) is 10.4. The largest absolute Gasteiger partial charge is 0.480 e. The van der Waals surface area contributed by atoms with Crippen LogP contribution in [0.15, 0.2) is 24.3 Å². The Labute approximate surface area is 117 Å². The number of benzene rings is 1. The number of carboxylic acids is 1. The molecule has 0 atom stereocenters. The predicted octanol–water partition coefficient (Wildman–Crippen LogP) is 1.89. The molecule has 6 heteroatoms. The van der Waals surface area contributed by atoms with Crippen molar-refractivity contribution in [1.29, 1.82) is 0 Å². The molecule has 0 unspecified atom stereocenters. The SMILES string of the molecule is COCCOCCN(CC(=O)O)c1ccc(Cl)cc1. The van der Waals surface area contributed by atoms with E-state index in [0.717, 1.165) is 5.69 Å². The third kappa shape index (κ3) is 6.42. The van der Waals surface area contributed by atoms with E-state index in [1.807, 2.05) is 0 Å². The Hall–Kier alpha value is -1.30. The molecule has 19 heavy (non-hydrogen) atoms. The Morgan fingerprint density at radius 2 is 1.95 bits per heavy atom. The number of hydrogen-bond acceptors (Lipinski definition) is 4. The van der Waals surface area contributed by atoms with Gasteiger partial charge in [0.2, 0.25) is 0 Å². The van der Waals surface area contributed by atoms with E-state index in [0.29, 0.717) is 31.4 Å². The monoisotopic (exact) mass is 287 g/mol. The summed E-state index contributed by atoms with van der Waals surface area (Å²) in [5.74, 6) is -0.883. The van der Waals surface area contributed by atoms with Crippen molar-refractivity contribution in [2.75, 3.05) is 44.9 Å². The summed E-state index contributed by atoms with van der Waals surface area (Å²) in [6, 6.07) is 7.05. The molecule has 0 aliphatic rings. The van der Waals surface area contributed by atoms with Crippen molar-refractivity contribution in [3.05, 3.63) is 29.3 Å². The molecule has 1 aromatic rings. The second kappa shape index (κ2) is 8.74. The third-order valence-corrected chi connectivity index (χ3v) is 2.71. The Bertz CT molecular complexity index is 383. The highest BCUT2D eigenvalue weighted by Crippen LogP contribution is 2.17. The lowest BCUT2D eigenvalue weighted by Gasteiger charge is -2.22. The maximum atomic E-state index is 10.9. The van der Waals surface area contributed by atoms with Crippen LogP contribution < -0.4 is 4.90 Å². The van der Waals surface area contributed by atoms with Crippen LogP contribution in [0.1, 0.15) is 0 Å². The Balaban J connectivity index is 2.51. The summed E-state index contributed by atoms with van der Waals surface area (Å²) in [7, 11) is 1.60. The van der Waals surface area contributed by atoms with Crippen molar-refractivity contribution in [3.63, 3.8) is 0 Å². The van der Waals surface area contributed by atoms with Gasteiger partial charge in [-0.15, -0.1) is 0 Å². The molecule has 1 N–H and O–H groups in total. The van der Waals surface area contributed by atoms with E-state index in [9.17, 15) is 4.79 Å². The first-order chi connectivity index (χ1) is 9.13. The van der Waals surface area contributed by atoms with Crippen molar-refractivity contribution in [1.82, 2.24) is 0 Å². The number of anilines is 1. The predicted molar refractivity (Wildman–Crippen MR) is 74.0 cm³/mol. The Morgan fingerprint density at radius 1 is 1.26 bits per heavy atom. The number of ether oxygens (including phenoxy) is 2. The van der Waals surface area contributed by atoms with Crippen LogP contribution in [-0.4, -0.2) is 51.1 Å². The van der Waals surface area contributed by atoms with Gasteiger partial charge in [0.1, 0.15) is 6.54 Å². The molecule has 0 aliphatic carbocycles. The number of halogens is 1. The Kier molecular flexibility index (Phi) is 7.25. The molecule has 0 saturated carbocycles. The summed E-state index contributed by atoms with van der Waals surface area (Å²) in [6.07, 6.45) is 0. The molecule has 0 heterocycles. The molecule has 0 fully saturated rings. The van der Waals surface area contributed by atoms with Crippen LogP contribution >= 0.6 is 11.6 Å². The molecule has 5 nitrogen and oxygen atoms in total. The molecule has 0 bridgehead atoms. The second-order valence-corrected chi connectivity index (χ2v) is 4.33. The molecule has 1 rings (SSSR count). The highest BCUT2D eigenvalue weighted by atomic mass is 35.5. The lowest BCUT2D eigenvalue weighted by molar-refractivity contribution is -0.135. The van der Waals surface area contributed by atoms with E-state index in [1.165, 1.54) is 0 Å². The number of carbonyl (C=O) groups is 1. The molecule has 0 aliphatic heterocycles. The average molecular weight is 288 g/mol. The van der Waals surface area contributed by atoms with Crippen LogP contribution in [0.3, 0.4) is 0 Å². The minimum atomic E-state index is -0.883. The van der Waals surface area contributed by atoms with Gasteiger partial charge in [-0.05, 0) is 24.3 Å². The van der Waals surface area contributed by atoms with Crippen molar-refractivity contribution in [2.24, 2.45) is 0 Å². The maximum Gasteiger partial charge on any atom is 0.323 e. The summed E-state index contributed by atoms with van der Waals surface area (Å²) in [6.45, 7) is 1.89. The lowest BCUT2D eigenvalue weighted by Crippen LogP contribution is -2.33. The minimum Gasteiger partial charge on any atom is -0.480 e. The summed E-state index contributed by atoms with van der Waals surface area (Å²) in [5, 5.41) is 9.53. The van der Waals surface area contributed by atoms with Crippen LogP contribution in [0.5, 0.6) is 0 Å². The zero-order chi connectivity index (χ0) is 14.1. The zero-order valence-corrected chi connectivity index (χ0v) is 11.6.